The fourth-order valence-electron chi connectivity index (χ4n) is 1.35. The number of rotatable bonds is 1. The van der Waals surface area contributed by atoms with Gasteiger partial charge in [-0.3, -0.25) is 0 Å². The van der Waals surface area contributed by atoms with Crippen molar-refractivity contribution in [2.75, 3.05) is 0 Å². The van der Waals surface area contributed by atoms with E-state index >= 15 is 0 Å². The van der Waals surface area contributed by atoms with E-state index in [1.54, 1.807) is 11.3 Å². The van der Waals surface area contributed by atoms with Gasteiger partial charge in [-0.15, -0.1) is 11.3 Å². The molecule has 14 heavy (non-hydrogen) atoms. The van der Waals surface area contributed by atoms with Crippen LogP contribution in [0, 0.1) is 0 Å². The number of thiophene rings is 1. The van der Waals surface area contributed by atoms with Crippen molar-refractivity contribution in [3.8, 4) is 5.75 Å². The number of hydrogen-bond acceptors (Lipinski definition) is 2. The average molecular weight is 206 g/mol. The largest absolute Gasteiger partial charge is 0.488 e. The fraction of sp³-hybridized carbons (Fsp3) is 0.333. The summed E-state index contributed by atoms with van der Waals surface area (Å²) in [5.41, 5.74) is -0.120. The summed E-state index contributed by atoms with van der Waals surface area (Å²) in [6.07, 6.45) is 0. The Balaban J connectivity index is 2.35. The van der Waals surface area contributed by atoms with Gasteiger partial charge in [-0.25, -0.2) is 0 Å². The van der Waals surface area contributed by atoms with Gasteiger partial charge in [-0.2, -0.15) is 0 Å². The van der Waals surface area contributed by atoms with Crippen molar-refractivity contribution < 1.29 is 4.74 Å². The summed E-state index contributed by atoms with van der Waals surface area (Å²) in [5.74, 6) is 0.951. The molecule has 0 aliphatic rings. The summed E-state index contributed by atoms with van der Waals surface area (Å²) in [6.45, 7) is 6.18. The maximum atomic E-state index is 5.79. The van der Waals surface area contributed by atoms with Gasteiger partial charge in [0.25, 0.3) is 0 Å². The third-order valence-electron chi connectivity index (χ3n) is 1.85. The van der Waals surface area contributed by atoms with E-state index in [0.717, 1.165) is 5.75 Å². The van der Waals surface area contributed by atoms with Gasteiger partial charge in [0, 0.05) is 4.70 Å². The molecule has 1 nitrogen and oxygen atoms in total. The Morgan fingerprint density at radius 1 is 1.14 bits per heavy atom. The molecule has 0 radical (unpaired) electrons. The maximum absolute atomic E-state index is 5.79. The normalized spacial score (nSPS) is 11.9. The lowest BCUT2D eigenvalue weighted by Gasteiger charge is -2.21. The molecule has 0 aliphatic carbocycles. The lowest BCUT2D eigenvalue weighted by Crippen LogP contribution is -2.22. The Bertz CT molecular complexity index is 437. The average Bonchev–Trinajstić information content (AvgIpc) is 2.47. The van der Waals surface area contributed by atoms with Gasteiger partial charge in [0.2, 0.25) is 0 Å². The highest BCUT2D eigenvalue weighted by Gasteiger charge is 2.11. The minimum absolute atomic E-state index is 0.120. The number of ether oxygens (including phenoxy) is 1. The number of hydrogen-bond donors (Lipinski definition) is 0. The summed E-state index contributed by atoms with van der Waals surface area (Å²) < 4.78 is 7.07. The SMILES string of the molecule is CC(C)(C)Oc1ccc2ccsc2c1. The molecule has 0 aliphatic heterocycles. The fourth-order valence-corrected chi connectivity index (χ4v) is 2.17. The summed E-state index contributed by atoms with van der Waals surface area (Å²) in [5, 5.41) is 3.39. The molecule has 2 heteroatoms. The summed E-state index contributed by atoms with van der Waals surface area (Å²) >= 11 is 1.75. The third-order valence-corrected chi connectivity index (χ3v) is 2.73. The zero-order valence-electron chi connectivity index (χ0n) is 8.70. The standard InChI is InChI=1S/C12H14OS/c1-12(2,3)13-10-5-4-9-6-7-14-11(9)8-10/h4-8H,1-3H3. The van der Waals surface area contributed by atoms with Crippen LogP contribution >= 0.6 is 11.3 Å². The van der Waals surface area contributed by atoms with Gasteiger partial charge in [-0.1, -0.05) is 0 Å². The van der Waals surface area contributed by atoms with E-state index in [1.165, 1.54) is 10.1 Å². The van der Waals surface area contributed by atoms with Crippen LogP contribution in [0.3, 0.4) is 0 Å². The van der Waals surface area contributed by atoms with Crippen molar-refractivity contribution in [1.82, 2.24) is 0 Å². The van der Waals surface area contributed by atoms with Crippen LogP contribution in [0.25, 0.3) is 10.1 Å². The van der Waals surface area contributed by atoms with E-state index < -0.39 is 0 Å². The number of benzene rings is 1. The molecule has 2 rings (SSSR count). The quantitative estimate of drug-likeness (QED) is 0.683. The topological polar surface area (TPSA) is 9.23 Å². The molecule has 0 saturated carbocycles. The van der Waals surface area contributed by atoms with Crippen LogP contribution in [0.2, 0.25) is 0 Å². The molecule has 0 fully saturated rings. The minimum Gasteiger partial charge on any atom is -0.488 e. The smallest absolute Gasteiger partial charge is 0.121 e. The maximum Gasteiger partial charge on any atom is 0.121 e. The van der Waals surface area contributed by atoms with Crippen molar-refractivity contribution >= 4 is 21.4 Å². The minimum atomic E-state index is -0.120. The predicted molar refractivity (Wildman–Crippen MR) is 62.2 cm³/mol. The Morgan fingerprint density at radius 2 is 1.93 bits per heavy atom. The van der Waals surface area contributed by atoms with Crippen LogP contribution in [-0.2, 0) is 0 Å². The molecule has 0 amide bonds. The summed E-state index contributed by atoms with van der Waals surface area (Å²) in [6, 6.07) is 8.36. The lowest BCUT2D eigenvalue weighted by molar-refractivity contribution is 0.131. The molecule has 0 unspecified atom stereocenters. The van der Waals surface area contributed by atoms with Gasteiger partial charge in [0.1, 0.15) is 11.4 Å². The molecule has 0 atom stereocenters. The second kappa shape index (κ2) is 3.28. The van der Waals surface area contributed by atoms with E-state index in [9.17, 15) is 0 Å². The first-order valence-electron chi connectivity index (χ1n) is 4.71. The summed E-state index contributed by atoms with van der Waals surface area (Å²) in [4.78, 5) is 0. The van der Waals surface area contributed by atoms with Crippen molar-refractivity contribution in [1.29, 1.82) is 0 Å². The predicted octanol–water partition coefficient (Wildman–Crippen LogP) is 4.08. The Hall–Kier alpha value is -1.02. The van der Waals surface area contributed by atoms with E-state index in [1.807, 2.05) is 6.07 Å². The molecule has 0 saturated heterocycles. The van der Waals surface area contributed by atoms with E-state index in [2.05, 4.69) is 44.4 Å². The van der Waals surface area contributed by atoms with Crippen LogP contribution in [0.1, 0.15) is 20.8 Å². The Kier molecular flexibility index (Phi) is 2.23. The Morgan fingerprint density at radius 3 is 2.64 bits per heavy atom. The molecular weight excluding hydrogens is 192 g/mol. The highest BCUT2D eigenvalue weighted by Crippen LogP contribution is 2.27. The van der Waals surface area contributed by atoms with Crippen molar-refractivity contribution in [2.24, 2.45) is 0 Å². The molecule has 0 N–H and O–H groups in total. The van der Waals surface area contributed by atoms with Gasteiger partial charge >= 0.3 is 0 Å². The molecule has 74 valence electrons. The molecule has 1 heterocycles. The monoisotopic (exact) mass is 206 g/mol. The third kappa shape index (κ3) is 2.07. The van der Waals surface area contributed by atoms with Crippen molar-refractivity contribution in [3.05, 3.63) is 29.6 Å². The van der Waals surface area contributed by atoms with Gasteiger partial charge in [0.05, 0.1) is 0 Å². The highest BCUT2D eigenvalue weighted by atomic mass is 32.1. The first-order chi connectivity index (χ1) is 6.54. The highest BCUT2D eigenvalue weighted by molar-refractivity contribution is 7.17. The van der Waals surface area contributed by atoms with Crippen molar-refractivity contribution in [2.45, 2.75) is 26.4 Å². The zero-order valence-corrected chi connectivity index (χ0v) is 9.52. The molecular formula is C12H14OS. The van der Waals surface area contributed by atoms with Crippen LogP contribution < -0.4 is 4.74 Å². The van der Waals surface area contributed by atoms with Crippen LogP contribution in [0.4, 0.5) is 0 Å². The molecule has 2 aromatic rings. The van der Waals surface area contributed by atoms with Gasteiger partial charge < -0.3 is 4.74 Å². The summed E-state index contributed by atoms with van der Waals surface area (Å²) in [7, 11) is 0. The van der Waals surface area contributed by atoms with E-state index in [4.69, 9.17) is 4.74 Å². The molecule has 1 aromatic carbocycles. The molecule has 0 bridgehead atoms. The molecule has 0 spiro atoms. The van der Waals surface area contributed by atoms with E-state index in [-0.39, 0.29) is 5.60 Å². The van der Waals surface area contributed by atoms with Crippen LogP contribution in [0.5, 0.6) is 5.75 Å². The second-order valence-corrected chi connectivity index (χ2v) is 5.28. The zero-order chi connectivity index (χ0) is 10.2. The van der Waals surface area contributed by atoms with Crippen LogP contribution in [0.15, 0.2) is 29.6 Å². The second-order valence-electron chi connectivity index (χ2n) is 4.33. The first-order valence-corrected chi connectivity index (χ1v) is 5.59. The van der Waals surface area contributed by atoms with Gasteiger partial charge in [-0.05, 0) is 55.8 Å². The first kappa shape index (κ1) is 9.53. The number of fused-ring (bicyclic) bond motifs is 1. The van der Waals surface area contributed by atoms with Crippen molar-refractivity contribution in [3.63, 3.8) is 0 Å². The van der Waals surface area contributed by atoms with E-state index in [0.29, 0.717) is 0 Å². The van der Waals surface area contributed by atoms with Gasteiger partial charge in [0.15, 0.2) is 0 Å². The molecule has 1 aromatic heterocycles. The Labute approximate surface area is 88.3 Å². The lowest BCUT2D eigenvalue weighted by atomic mass is 10.2. The van der Waals surface area contributed by atoms with Crippen LogP contribution in [-0.4, -0.2) is 5.60 Å².